The van der Waals surface area contributed by atoms with Crippen LogP contribution in [0.15, 0.2) is 97.1 Å². The molecule has 2 heterocycles. The van der Waals surface area contributed by atoms with E-state index in [0.29, 0.717) is 33.2 Å². The summed E-state index contributed by atoms with van der Waals surface area (Å²) in [4.78, 5) is 54.9. The van der Waals surface area contributed by atoms with Crippen molar-refractivity contribution >= 4 is 35.8 Å². The number of carboxylic acid groups (broad SMARTS) is 2. The SMILES string of the molecule is COc1cccc(CCc2ccccc2OCC(CN2CNOC2)OC(=O)CCC(=O)O)c1.COc1cccc(CCc2ccccc2OCC(CN2CNSC2)OC(=O)CCC(=O)O)c1. The maximum Gasteiger partial charge on any atom is 0.306 e. The minimum atomic E-state index is -1.04. The molecule has 0 spiro atoms. The number of hydrogen-bond acceptors (Lipinski definition) is 16. The third kappa shape index (κ3) is 18.9. The van der Waals surface area contributed by atoms with E-state index in [-0.39, 0.29) is 38.9 Å². The topological polar surface area (TPSA) is 204 Å². The lowest BCUT2D eigenvalue weighted by atomic mass is 10.0. The quantitative estimate of drug-likeness (QED) is 0.0454. The van der Waals surface area contributed by atoms with E-state index in [2.05, 4.69) is 27.2 Å². The average molecular weight is 933 g/mol. The lowest BCUT2D eigenvalue weighted by molar-refractivity contribution is -0.154. The van der Waals surface area contributed by atoms with Crippen LogP contribution in [-0.4, -0.2) is 123 Å². The first-order valence-electron chi connectivity index (χ1n) is 21.7. The van der Waals surface area contributed by atoms with E-state index in [1.807, 2.05) is 89.8 Å². The number of benzene rings is 4. The predicted molar refractivity (Wildman–Crippen MR) is 246 cm³/mol. The van der Waals surface area contributed by atoms with Gasteiger partial charge in [-0.25, -0.2) is 4.72 Å². The fraction of sp³-hybridized carbons (Fsp3) is 0.417. The lowest BCUT2D eigenvalue weighted by Gasteiger charge is -2.23. The monoisotopic (exact) mass is 932 g/mol. The lowest BCUT2D eigenvalue weighted by Crippen LogP contribution is -2.38. The summed E-state index contributed by atoms with van der Waals surface area (Å²) in [5.41, 5.74) is 7.20. The summed E-state index contributed by atoms with van der Waals surface area (Å²) < 4.78 is 37.0. The Labute approximate surface area is 389 Å². The van der Waals surface area contributed by atoms with Gasteiger partial charge in [-0.3, -0.25) is 33.8 Å². The van der Waals surface area contributed by atoms with Gasteiger partial charge in [0.25, 0.3) is 0 Å². The van der Waals surface area contributed by atoms with Crippen molar-refractivity contribution < 1.29 is 62.6 Å². The third-order valence-electron chi connectivity index (χ3n) is 10.3. The zero-order valence-electron chi connectivity index (χ0n) is 37.4. The van der Waals surface area contributed by atoms with Gasteiger partial charge in [0.2, 0.25) is 0 Å². The molecule has 2 aliphatic rings. The standard InChI is InChI=1S/C24H30N2O7.C24H30N2O6S/c1-30-20-7-4-5-18(13-20)9-10-19-6-2-3-8-22(19)31-15-21(14-26-16-25-32-17-26)33-24(29)12-11-23(27)28;1-30-20-7-4-5-18(13-20)9-10-19-6-2-3-8-22(19)31-15-21(14-26-16-25-33-17-26)32-24(29)12-11-23(27)28/h2*2-8,13,21,25H,9-12,14-17H2,1H3,(H,27,28). The number of hydroxylamine groups is 1. The number of rotatable bonds is 26. The van der Waals surface area contributed by atoms with Crippen LogP contribution in [0.4, 0.5) is 0 Å². The number of carbonyl (C=O) groups is 4. The van der Waals surface area contributed by atoms with Crippen molar-refractivity contribution in [3.63, 3.8) is 0 Å². The first-order chi connectivity index (χ1) is 32.1. The molecule has 0 bridgehead atoms. The van der Waals surface area contributed by atoms with Crippen LogP contribution in [0, 0.1) is 0 Å². The van der Waals surface area contributed by atoms with Gasteiger partial charge in [0.15, 0.2) is 0 Å². The van der Waals surface area contributed by atoms with Crippen LogP contribution in [-0.2, 0) is 59.2 Å². The van der Waals surface area contributed by atoms with E-state index >= 15 is 0 Å². The first-order valence-corrected chi connectivity index (χ1v) is 22.7. The molecule has 18 heteroatoms. The Morgan fingerprint density at radius 2 is 1.14 bits per heavy atom. The summed E-state index contributed by atoms with van der Waals surface area (Å²) in [6.45, 7) is 2.79. The van der Waals surface area contributed by atoms with Gasteiger partial charge in [0, 0.05) is 13.1 Å². The van der Waals surface area contributed by atoms with Gasteiger partial charge in [0.1, 0.15) is 55.2 Å². The van der Waals surface area contributed by atoms with Crippen molar-refractivity contribution in [2.75, 3.05) is 66.5 Å². The molecule has 66 heavy (non-hydrogen) atoms. The number of nitrogens with one attached hydrogen (secondary N) is 2. The Kier molecular flexibility index (Phi) is 21.8. The molecule has 4 N–H and O–H groups in total. The van der Waals surface area contributed by atoms with Crippen molar-refractivity contribution in [3.05, 3.63) is 119 Å². The number of esters is 2. The highest BCUT2D eigenvalue weighted by molar-refractivity contribution is 7.97. The molecule has 2 aliphatic heterocycles. The van der Waals surface area contributed by atoms with E-state index in [4.69, 9.17) is 43.5 Å². The Morgan fingerprint density at radius 1 is 0.636 bits per heavy atom. The molecule has 0 saturated carbocycles. The second-order valence-corrected chi connectivity index (χ2v) is 16.2. The zero-order valence-corrected chi connectivity index (χ0v) is 38.2. The third-order valence-corrected chi connectivity index (χ3v) is 11.1. The Bertz CT molecular complexity index is 1980. The number of carboxylic acids is 2. The van der Waals surface area contributed by atoms with Crippen LogP contribution in [0.3, 0.4) is 0 Å². The molecule has 2 fully saturated rings. The molecule has 4 aromatic carbocycles. The number of ether oxygens (including phenoxy) is 6. The summed E-state index contributed by atoms with van der Waals surface area (Å²) in [6.07, 6.45) is 1.29. The van der Waals surface area contributed by atoms with Crippen molar-refractivity contribution in [2.45, 2.75) is 63.6 Å². The Hall–Kier alpha value is -5.89. The van der Waals surface area contributed by atoms with Gasteiger partial charge >= 0.3 is 23.9 Å². The second-order valence-electron chi connectivity index (χ2n) is 15.4. The van der Waals surface area contributed by atoms with Crippen LogP contribution in [0.2, 0.25) is 0 Å². The molecule has 0 amide bonds. The second kappa shape index (κ2) is 28.2. The maximum atomic E-state index is 12.1. The van der Waals surface area contributed by atoms with E-state index in [0.717, 1.165) is 71.2 Å². The van der Waals surface area contributed by atoms with Crippen molar-refractivity contribution in [2.24, 2.45) is 0 Å². The summed E-state index contributed by atoms with van der Waals surface area (Å²) in [5, 5.41) is 17.6. The van der Waals surface area contributed by atoms with Gasteiger partial charge < -0.3 is 38.6 Å². The van der Waals surface area contributed by atoms with Gasteiger partial charge in [-0.15, -0.1) is 0 Å². The highest BCUT2D eigenvalue weighted by Gasteiger charge is 2.24. The average Bonchev–Trinajstić information content (AvgIpc) is 4.06. The van der Waals surface area contributed by atoms with Crippen molar-refractivity contribution in [3.8, 4) is 23.0 Å². The van der Waals surface area contributed by atoms with Gasteiger partial charge in [-0.05, 0) is 84.3 Å². The van der Waals surface area contributed by atoms with Gasteiger partial charge in [-0.2, -0.15) is 5.48 Å². The molecule has 0 aliphatic carbocycles. The molecule has 0 radical (unpaired) electrons. The Balaban J connectivity index is 0.000000247. The number of carbonyl (C=O) groups excluding carboxylic acids is 2. The molecule has 2 saturated heterocycles. The smallest absolute Gasteiger partial charge is 0.306 e. The van der Waals surface area contributed by atoms with Crippen LogP contribution < -0.4 is 29.1 Å². The highest BCUT2D eigenvalue weighted by Crippen LogP contribution is 2.24. The normalized spacial score (nSPS) is 14.6. The molecule has 0 aromatic heterocycles. The number of aryl methyl sites for hydroxylation is 4. The summed E-state index contributed by atoms with van der Waals surface area (Å²) >= 11 is 1.59. The highest BCUT2D eigenvalue weighted by atomic mass is 32.2. The number of para-hydroxylation sites is 2. The minimum Gasteiger partial charge on any atom is -0.497 e. The zero-order chi connectivity index (χ0) is 46.9. The van der Waals surface area contributed by atoms with Gasteiger partial charge in [-0.1, -0.05) is 72.6 Å². The molecular formula is C48H60N4O13S. The van der Waals surface area contributed by atoms with Crippen molar-refractivity contribution in [1.82, 2.24) is 20.0 Å². The number of aliphatic carboxylic acids is 2. The number of methoxy groups -OCH3 is 2. The molecule has 2 atom stereocenters. The van der Waals surface area contributed by atoms with Crippen LogP contribution in [0.5, 0.6) is 23.0 Å². The predicted octanol–water partition coefficient (Wildman–Crippen LogP) is 5.49. The van der Waals surface area contributed by atoms with E-state index in [1.165, 1.54) is 5.56 Å². The van der Waals surface area contributed by atoms with Crippen LogP contribution in [0.25, 0.3) is 0 Å². The molecular weight excluding hydrogens is 873 g/mol. The van der Waals surface area contributed by atoms with Crippen molar-refractivity contribution in [1.29, 1.82) is 0 Å². The van der Waals surface area contributed by atoms with Gasteiger partial charge in [0.05, 0.1) is 59.1 Å². The van der Waals surface area contributed by atoms with E-state index in [1.54, 1.807) is 26.2 Å². The molecule has 6 rings (SSSR count). The minimum absolute atomic E-state index is 0.144. The van der Waals surface area contributed by atoms with E-state index in [9.17, 15) is 19.2 Å². The fourth-order valence-electron chi connectivity index (χ4n) is 6.89. The number of nitrogens with zero attached hydrogens (tertiary/aromatic N) is 2. The van der Waals surface area contributed by atoms with E-state index < -0.39 is 36.1 Å². The fourth-order valence-corrected chi connectivity index (χ4v) is 7.63. The van der Waals surface area contributed by atoms with Crippen LogP contribution in [0.1, 0.15) is 47.9 Å². The van der Waals surface area contributed by atoms with Crippen LogP contribution >= 0.6 is 11.9 Å². The molecule has 2 unspecified atom stereocenters. The summed E-state index contributed by atoms with van der Waals surface area (Å²) in [7, 11) is 3.31. The first kappa shape index (κ1) is 51.1. The summed E-state index contributed by atoms with van der Waals surface area (Å²) in [6, 6.07) is 31.6. The molecule has 356 valence electrons. The molecule has 4 aromatic rings. The summed E-state index contributed by atoms with van der Waals surface area (Å²) in [5.74, 6) is 0.752. The Morgan fingerprint density at radius 3 is 1.58 bits per heavy atom. The largest absolute Gasteiger partial charge is 0.497 e. The maximum absolute atomic E-state index is 12.1. The number of hydrogen-bond donors (Lipinski definition) is 4. The molecule has 17 nitrogen and oxygen atoms in total.